The molecule has 2 amide bonds. The number of amides is 2. The average Bonchev–Trinajstić information content (AvgIpc) is 2.74. The van der Waals surface area contributed by atoms with Crippen LogP contribution in [0.3, 0.4) is 0 Å². The third kappa shape index (κ3) is 6.32. The maximum atomic E-state index is 13.1. The van der Waals surface area contributed by atoms with Crippen LogP contribution in [0.4, 0.5) is 4.79 Å². The van der Waals surface area contributed by atoms with Gasteiger partial charge in [-0.1, -0.05) is 79.7 Å². The lowest BCUT2D eigenvalue weighted by atomic mass is 9.91. The standard InChI is InChI=1S/C26H30N2O3/c1-18(21-15-14-20-12-8-9-13-22(20)16-21)23(28-25(30)31-26(2,3)4)24(29)27-17-19-10-6-5-7-11-19/h5-16,18,23H,17H2,1-4H3,(H,27,29)(H,28,30). The molecule has 0 bridgehead atoms. The molecule has 0 aliphatic carbocycles. The quantitative estimate of drug-likeness (QED) is 0.581. The molecule has 5 nitrogen and oxygen atoms in total. The molecule has 0 radical (unpaired) electrons. The molecule has 0 fully saturated rings. The van der Waals surface area contributed by atoms with Crippen molar-refractivity contribution in [1.82, 2.24) is 10.6 Å². The Morgan fingerprint density at radius 1 is 0.903 bits per heavy atom. The molecule has 31 heavy (non-hydrogen) atoms. The van der Waals surface area contributed by atoms with Crippen molar-refractivity contribution in [3.05, 3.63) is 83.9 Å². The monoisotopic (exact) mass is 418 g/mol. The van der Waals surface area contributed by atoms with E-state index in [0.717, 1.165) is 21.9 Å². The number of nitrogens with one attached hydrogen (secondary N) is 2. The second kappa shape index (κ2) is 9.65. The van der Waals surface area contributed by atoms with Crippen LogP contribution in [0.5, 0.6) is 0 Å². The van der Waals surface area contributed by atoms with Crippen LogP contribution in [0.2, 0.25) is 0 Å². The second-order valence-corrected chi connectivity index (χ2v) is 8.72. The van der Waals surface area contributed by atoms with Gasteiger partial charge in [0.25, 0.3) is 0 Å². The zero-order valence-electron chi connectivity index (χ0n) is 18.5. The molecule has 2 atom stereocenters. The molecule has 3 rings (SSSR count). The third-order valence-corrected chi connectivity index (χ3v) is 5.06. The van der Waals surface area contributed by atoms with Crippen molar-refractivity contribution in [3.63, 3.8) is 0 Å². The fourth-order valence-electron chi connectivity index (χ4n) is 3.43. The minimum absolute atomic E-state index is 0.254. The number of benzene rings is 3. The number of rotatable bonds is 6. The first-order valence-electron chi connectivity index (χ1n) is 10.5. The maximum Gasteiger partial charge on any atom is 0.408 e. The Balaban J connectivity index is 1.82. The molecule has 3 aromatic carbocycles. The molecular weight excluding hydrogens is 388 g/mol. The summed E-state index contributed by atoms with van der Waals surface area (Å²) in [5.41, 5.74) is 1.31. The largest absolute Gasteiger partial charge is 0.444 e. The molecule has 0 spiro atoms. The van der Waals surface area contributed by atoms with E-state index in [1.165, 1.54) is 0 Å². The van der Waals surface area contributed by atoms with E-state index >= 15 is 0 Å². The van der Waals surface area contributed by atoms with Crippen LogP contribution in [-0.4, -0.2) is 23.6 Å². The van der Waals surface area contributed by atoms with Gasteiger partial charge in [-0.25, -0.2) is 4.79 Å². The number of carbonyl (C=O) groups excluding carboxylic acids is 2. The summed E-state index contributed by atoms with van der Waals surface area (Å²) in [5.74, 6) is -0.511. The van der Waals surface area contributed by atoms with Gasteiger partial charge < -0.3 is 15.4 Å². The highest BCUT2D eigenvalue weighted by Gasteiger charge is 2.30. The number of fused-ring (bicyclic) bond motifs is 1. The predicted molar refractivity (Wildman–Crippen MR) is 124 cm³/mol. The van der Waals surface area contributed by atoms with E-state index in [2.05, 4.69) is 16.7 Å². The van der Waals surface area contributed by atoms with E-state index in [4.69, 9.17) is 4.74 Å². The number of ether oxygens (including phenoxy) is 1. The molecule has 0 aliphatic heterocycles. The minimum atomic E-state index is -0.778. The van der Waals surface area contributed by atoms with Crippen LogP contribution in [0, 0.1) is 0 Å². The summed E-state index contributed by atoms with van der Waals surface area (Å²) in [4.78, 5) is 25.6. The summed E-state index contributed by atoms with van der Waals surface area (Å²) >= 11 is 0. The Labute approximate surface area is 183 Å². The SMILES string of the molecule is CC(c1ccc2ccccc2c1)C(NC(=O)OC(C)(C)C)C(=O)NCc1ccccc1. The topological polar surface area (TPSA) is 67.4 Å². The highest BCUT2D eigenvalue weighted by Crippen LogP contribution is 2.25. The van der Waals surface area contributed by atoms with Crippen molar-refractivity contribution >= 4 is 22.8 Å². The molecule has 5 heteroatoms. The molecule has 2 N–H and O–H groups in total. The lowest BCUT2D eigenvalue weighted by Gasteiger charge is -2.27. The molecule has 0 aromatic heterocycles. The van der Waals surface area contributed by atoms with Crippen LogP contribution in [0.25, 0.3) is 10.8 Å². The van der Waals surface area contributed by atoms with Crippen molar-refractivity contribution in [1.29, 1.82) is 0 Å². The predicted octanol–water partition coefficient (Wildman–Crippen LogP) is 5.15. The number of hydrogen-bond acceptors (Lipinski definition) is 3. The Kier molecular flexibility index (Phi) is 6.95. The summed E-state index contributed by atoms with van der Waals surface area (Å²) in [6.45, 7) is 7.71. The fraction of sp³-hybridized carbons (Fsp3) is 0.308. The third-order valence-electron chi connectivity index (χ3n) is 5.06. The molecule has 3 aromatic rings. The van der Waals surface area contributed by atoms with Crippen molar-refractivity contribution < 1.29 is 14.3 Å². The molecule has 0 aliphatic rings. The Bertz CT molecular complexity index is 1040. The van der Waals surface area contributed by atoms with Crippen molar-refractivity contribution in [2.24, 2.45) is 0 Å². The molecule has 0 saturated carbocycles. The van der Waals surface area contributed by atoms with Gasteiger partial charge in [0.15, 0.2) is 0 Å². The Morgan fingerprint density at radius 2 is 1.55 bits per heavy atom. The molecule has 0 heterocycles. The highest BCUT2D eigenvalue weighted by molar-refractivity contribution is 5.87. The average molecular weight is 419 g/mol. The first kappa shape index (κ1) is 22.3. The lowest BCUT2D eigenvalue weighted by Crippen LogP contribution is -2.50. The van der Waals surface area contributed by atoms with Gasteiger partial charge in [0.2, 0.25) is 5.91 Å². The van der Waals surface area contributed by atoms with Crippen LogP contribution < -0.4 is 10.6 Å². The van der Waals surface area contributed by atoms with E-state index in [9.17, 15) is 9.59 Å². The van der Waals surface area contributed by atoms with E-state index in [1.807, 2.05) is 73.7 Å². The molecule has 2 unspecified atom stereocenters. The smallest absolute Gasteiger partial charge is 0.408 e. The van der Waals surface area contributed by atoms with Crippen LogP contribution in [-0.2, 0) is 16.1 Å². The molecule has 0 saturated heterocycles. The number of hydrogen-bond donors (Lipinski definition) is 2. The second-order valence-electron chi connectivity index (χ2n) is 8.72. The minimum Gasteiger partial charge on any atom is -0.444 e. The summed E-state index contributed by atoms with van der Waals surface area (Å²) < 4.78 is 5.41. The summed E-state index contributed by atoms with van der Waals surface area (Å²) in [7, 11) is 0. The van der Waals surface area contributed by atoms with Crippen LogP contribution >= 0.6 is 0 Å². The molecular formula is C26H30N2O3. The molecule has 162 valence electrons. The van der Waals surface area contributed by atoms with Gasteiger partial charge in [-0.3, -0.25) is 4.79 Å². The summed E-state index contributed by atoms with van der Waals surface area (Å²) in [6.07, 6.45) is -0.611. The fourth-order valence-corrected chi connectivity index (χ4v) is 3.43. The zero-order valence-corrected chi connectivity index (χ0v) is 18.5. The number of alkyl carbamates (subject to hydrolysis) is 1. The van der Waals surface area contributed by atoms with Gasteiger partial charge in [0, 0.05) is 12.5 Å². The first-order valence-corrected chi connectivity index (χ1v) is 10.5. The lowest BCUT2D eigenvalue weighted by molar-refractivity contribution is -0.123. The summed E-state index contributed by atoms with van der Waals surface area (Å²) in [6, 6.07) is 23.1. The van der Waals surface area contributed by atoms with Gasteiger partial charge in [0.05, 0.1) is 0 Å². The van der Waals surface area contributed by atoms with Crippen molar-refractivity contribution in [3.8, 4) is 0 Å². The first-order chi connectivity index (χ1) is 14.7. The van der Waals surface area contributed by atoms with Gasteiger partial charge in [-0.05, 0) is 42.7 Å². The van der Waals surface area contributed by atoms with E-state index in [0.29, 0.717) is 6.54 Å². The van der Waals surface area contributed by atoms with Crippen LogP contribution in [0.1, 0.15) is 44.7 Å². The highest BCUT2D eigenvalue weighted by atomic mass is 16.6. The summed E-state index contributed by atoms with van der Waals surface area (Å²) in [5, 5.41) is 7.95. The van der Waals surface area contributed by atoms with Crippen molar-refractivity contribution in [2.45, 2.75) is 51.8 Å². The Hall–Kier alpha value is -3.34. The van der Waals surface area contributed by atoms with Gasteiger partial charge in [0.1, 0.15) is 11.6 Å². The zero-order chi connectivity index (χ0) is 22.4. The van der Waals surface area contributed by atoms with E-state index < -0.39 is 17.7 Å². The maximum absolute atomic E-state index is 13.1. The Morgan fingerprint density at radius 3 is 2.23 bits per heavy atom. The van der Waals surface area contributed by atoms with Gasteiger partial charge in [-0.15, -0.1) is 0 Å². The van der Waals surface area contributed by atoms with E-state index in [-0.39, 0.29) is 11.8 Å². The number of carbonyl (C=O) groups is 2. The van der Waals surface area contributed by atoms with Gasteiger partial charge in [-0.2, -0.15) is 0 Å². The van der Waals surface area contributed by atoms with Crippen LogP contribution in [0.15, 0.2) is 72.8 Å². The van der Waals surface area contributed by atoms with Gasteiger partial charge >= 0.3 is 6.09 Å². The normalized spacial score (nSPS) is 13.3. The van der Waals surface area contributed by atoms with E-state index in [1.54, 1.807) is 20.8 Å². The van der Waals surface area contributed by atoms with Crippen molar-refractivity contribution in [2.75, 3.05) is 0 Å².